The fraction of sp³-hybridized carbons (Fsp3) is 0.302. The summed E-state index contributed by atoms with van der Waals surface area (Å²) in [5.74, 6) is 0.441. The molecular formula is C43H46Br2N2. The molecule has 4 aromatic rings. The first kappa shape index (κ1) is 37.8. The van der Waals surface area contributed by atoms with E-state index in [4.69, 9.17) is 10.5 Å². The summed E-state index contributed by atoms with van der Waals surface area (Å²) in [5.41, 5.74) is 14.4. The average Bonchev–Trinajstić information content (AvgIpc) is 3.07. The number of hydrogen-bond acceptors (Lipinski definition) is 2. The van der Waals surface area contributed by atoms with Crippen LogP contribution in [0.15, 0.2) is 99.5 Å². The fourth-order valence-electron chi connectivity index (χ4n) is 5.82. The van der Waals surface area contributed by atoms with Gasteiger partial charge in [-0.1, -0.05) is 108 Å². The highest BCUT2D eigenvalue weighted by Gasteiger charge is 2.14. The summed E-state index contributed by atoms with van der Waals surface area (Å²) < 4.78 is 2.30. The molecule has 2 nitrogen and oxygen atoms in total. The Kier molecular flexibility index (Phi) is 14.9. The highest BCUT2D eigenvalue weighted by molar-refractivity contribution is 9.10. The van der Waals surface area contributed by atoms with E-state index in [1.54, 1.807) is 0 Å². The van der Waals surface area contributed by atoms with Crippen LogP contribution in [0.3, 0.4) is 0 Å². The molecule has 0 fully saturated rings. The smallest absolute Gasteiger partial charge is 0.101 e. The van der Waals surface area contributed by atoms with Gasteiger partial charge in [0.05, 0.1) is 11.1 Å². The Morgan fingerprint density at radius 1 is 0.723 bits per heavy atom. The van der Waals surface area contributed by atoms with Crippen molar-refractivity contribution in [1.82, 2.24) is 0 Å². The van der Waals surface area contributed by atoms with Gasteiger partial charge in [-0.3, -0.25) is 0 Å². The molecule has 5 rings (SSSR count). The topological polar surface area (TPSA) is 47.6 Å². The van der Waals surface area contributed by atoms with Gasteiger partial charge in [0, 0.05) is 8.95 Å². The third kappa shape index (κ3) is 10.4. The summed E-state index contributed by atoms with van der Waals surface area (Å²) in [7, 11) is 0. The van der Waals surface area contributed by atoms with Gasteiger partial charge >= 0.3 is 0 Å². The quantitative estimate of drug-likeness (QED) is 0.197. The number of benzene rings is 4. The first-order valence-corrected chi connectivity index (χ1v) is 18.0. The van der Waals surface area contributed by atoms with E-state index >= 15 is 0 Å². The van der Waals surface area contributed by atoms with Crippen molar-refractivity contribution in [3.63, 3.8) is 0 Å². The summed E-state index contributed by atoms with van der Waals surface area (Å²) in [4.78, 5) is 0. The van der Waals surface area contributed by atoms with Gasteiger partial charge in [-0.05, 0) is 151 Å². The Balaban J connectivity index is 0.000000192. The number of aryl methyl sites for hydroxylation is 4. The van der Waals surface area contributed by atoms with Crippen LogP contribution in [0.4, 0.5) is 0 Å². The molecule has 0 amide bonds. The highest BCUT2D eigenvalue weighted by Crippen LogP contribution is 2.32. The van der Waals surface area contributed by atoms with Gasteiger partial charge in [-0.25, -0.2) is 0 Å². The predicted octanol–water partition coefficient (Wildman–Crippen LogP) is 13.5. The second kappa shape index (κ2) is 18.6. The molecule has 0 heterocycles. The number of allylic oxidation sites excluding steroid dienone is 4. The lowest BCUT2D eigenvalue weighted by Crippen LogP contribution is -2.01. The minimum absolute atomic E-state index is 0.441. The molecule has 0 saturated heterocycles. The number of halogens is 2. The van der Waals surface area contributed by atoms with E-state index in [0.29, 0.717) is 17.0 Å². The molecule has 1 aliphatic rings. The molecule has 1 unspecified atom stereocenters. The molecule has 47 heavy (non-hydrogen) atoms. The van der Waals surface area contributed by atoms with Crippen LogP contribution >= 0.6 is 31.9 Å². The van der Waals surface area contributed by atoms with Crippen molar-refractivity contribution in [3.05, 3.63) is 144 Å². The first-order chi connectivity index (χ1) is 22.5. The third-order valence-corrected chi connectivity index (χ3v) is 9.73. The van der Waals surface area contributed by atoms with E-state index in [1.807, 2.05) is 12.1 Å². The molecule has 0 aliphatic heterocycles. The van der Waals surface area contributed by atoms with Gasteiger partial charge in [0.2, 0.25) is 0 Å². The second-order valence-electron chi connectivity index (χ2n) is 12.2. The molecule has 1 atom stereocenters. The molecule has 0 N–H and O–H groups in total. The molecule has 0 aromatic heterocycles. The minimum atomic E-state index is 0.441. The Morgan fingerprint density at radius 2 is 1.30 bits per heavy atom. The van der Waals surface area contributed by atoms with Crippen molar-refractivity contribution in [1.29, 1.82) is 10.5 Å². The van der Waals surface area contributed by atoms with Crippen molar-refractivity contribution < 1.29 is 0 Å². The van der Waals surface area contributed by atoms with Gasteiger partial charge in [-0.15, -0.1) is 0 Å². The van der Waals surface area contributed by atoms with E-state index in [1.165, 1.54) is 68.5 Å². The van der Waals surface area contributed by atoms with Crippen LogP contribution in [0, 0.1) is 43.4 Å². The standard InChI is InChI=1S/C15H18N2.C14H15Br.C14H13Br/c1-4-6-12-7-13(9-16)14(10-17)8-15(12)11(3)5-2;2*1-10-5-3-4-6-13(10)14-9-12(15)8-7-11(14)2/h7-8,11H,4-6H2,1-3H3;3,5,7-9H,4,6H2,1-2H3;3-9H,1-2H3. The normalized spacial score (nSPS) is 12.6. The Morgan fingerprint density at radius 3 is 1.87 bits per heavy atom. The van der Waals surface area contributed by atoms with Gasteiger partial charge in [0.1, 0.15) is 12.1 Å². The lowest BCUT2D eigenvalue weighted by atomic mass is 9.88. The molecule has 4 aromatic carbocycles. The van der Waals surface area contributed by atoms with E-state index in [0.717, 1.165) is 28.2 Å². The van der Waals surface area contributed by atoms with E-state index in [2.05, 4.69) is 165 Å². The maximum atomic E-state index is 9.05. The maximum absolute atomic E-state index is 9.05. The van der Waals surface area contributed by atoms with Crippen molar-refractivity contribution in [2.75, 3.05) is 0 Å². The van der Waals surface area contributed by atoms with Gasteiger partial charge in [0.25, 0.3) is 0 Å². The van der Waals surface area contributed by atoms with Crippen LogP contribution in [-0.2, 0) is 6.42 Å². The predicted molar refractivity (Wildman–Crippen MR) is 207 cm³/mol. The molecule has 0 radical (unpaired) electrons. The summed E-state index contributed by atoms with van der Waals surface area (Å²) in [6, 6.07) is 29.4. The molecule has 242 valence electrons. The molecular weight excluding hydrogens is 704 g/mol. The molecule has 1 aliphatic carbocycles. The van der Waals surface area contributed by atoms with Gasteiger partial charge in [0.15, 0.2) is 0 Å². The van der Waals surface area contributed by atoms with E-state index in [9.17, 15) is 0 Å². The highest BCUT2D eigenvalue weighted by atomic mass is 79.9. The molecule has 0 spiro atoms. The Labute approximate surface area is 300 Å². The average molecular weight is 751 g/mol. The van der Waals surface area contributed by atoms with Crippen LogP contribution in [0.2, 0.25) is 0 Å². The molecule has 4 heteroatoms. The molecule has 0 saturated carbocycles. The zero-order valence-electron chi connectivity index (χ0n) is 28.8. The first-order valence-electron chi connectivity index (χ1n) is 16.5. The lowest BCUT2D eigenvalue weighted by Gasteiger charge is -2.16. The summed E-state index contributed by atoms with van der Waals surface area (Å²) in [6.07, 6.45) is 9.90. The van der Waals surface area contributed by atoms with Crippen LogP contribution in [0.5, 0.6) is 0 Å². The van der Waals surface area contributed by atoms with E-state index in [-0.39, 0.29) is 0 Å². The van der Waals surface area contributed by atoms with Crippen molar-refractivity contribution in [2.45, 2.75) is 86.5 Å². The van der Waals surface area contributed by atoms with Crippen LogP contribution in [0.1, 0.15) is 104 Å². The van der Waals surface area contributed by atoms with Crippen LogP contribution in [0.25, 0.3) is 16.7 Å². The van der Waals surface area contributed by atoms with Crippen molar-refractivity contribution >= 4 is 37.4 Å². The van der Waals surface area contributed by atoms with Gasteiger partial charge < -0.3 is 0 Å². The summed E-state index contributed by atoms with van der Waals surface area (Å²) in [5, 5.41) is 18.1. The van der Waals surface area contributed by atoms with E-state index < -0.39 is 0 Å². The Hall–Kier alpha value is -3.70. The largest absolute Gasteiger partial charge is 0.192 e. The monoisotopic (exact) mass is 748 g/mol. The molecule has 0 bridgehead atoms. The number of nitriles is 2. The van der Waals surface area contributed by atoms with Crippen LogP contribution in [-0.4, -0.2) is 0 Å². The second-order valence-corrected chi connectivity index (χ2v) is 14.0. The maximum Gasteiger partial charge on any atom is 0.101 e. The van der Waals surface area contributed by atoms with Crippen molar-refractivity contribution in [3.8, 4) is 23.3 Å². The number of rotatable bonds is 6. The van der Waals surface area contributed by atoms with Crippen LogP contribution < -0.4 is 0 Å². The third-order valence-electron chi connectivity index (χ3n) is 8.75. The minimum Gasteiger partial charge on any atom is -0.192 e. The SMILES string of the molecule is CC1=C(c2cc(Br)ccc2C)CCC=C1.CCCc1cc(C#N)c(C#N)cc1C(C)CC.Cc1ccccc1-c1cc(Br)ccc1C. The number of nitrogens with zero attached hydrogens (tertiary/aromatic N) is 2. The zero-order chi connectivity index (χ0) is 34.5. The summed E-state index contributed by atoms with van der Waals surface area (Å²) in [6.45, 7) is 15.1. The number of hydrogen-bond donors (Lipinski definition) is 0. The van der Waals surface area contributed by atoms with Gasteiger partial charge in [-0.2, -0.15) is 10.5 Å². The Bertz CT molecular complexity index is 1830. The lowest BCUT2D eigenvalue weighted by molar-refractivity contribution is 0.717. The zero-order valence-corrected chi connectivity index (χ0v) is 32.0. The summed E-state index contributed by atoms with van der Waals surface area (Å²) >= 11 is 7.06. The fourth-order valence-corrected chi connectivity index (χ4v) is 6.54. The van der Waals surface area contributed by atoms with Crippen molar-refractivity contribution in [2.24, 2.45) is 0 Å².